The molecule has 0 atom stereocenters. The number of hydrogen-bond acceptors (Lipinski definition) is 0. The van der Waals surface area contributed by atoms with Crippen molar-refractivity contribution in [3.8, 4) is 0 Å². The number of rotatable bonds is 2. The van der Waals surface area contributed by atoms with Gasteiger partial charge in [0, 0.05) is 0 Å². The van der Waals surface area contributed by atoms with E-state index < -0.39 is 0 Å². The Balaban J connectivity index is 0.000000204. The van der Waals surface area contributed by atoms with Crippen LogP contribution in [0.25, 0.3) is 5.57 Å². The van der Waals surface area contributed by atoms with Crippen molar-refractivity contribution in [2.24, 2.45) is 0 Å². The fraction of sp³-hybridized carbons (Fsp3) is 0.263. The maximum absolute atomic E-state index is 12.2. The van der Waals surface area contributed by atoms with Gasteiger partial charge in [-0.25, -0.2) is 4.39 Å². The van der Waals surface area contributed by atoms with E-state index in [0.29, 0.717) is 0 Å². The second kappa shape index (κ2) is 8.31. The lowest BCUT2D eigenvalue weighted by Crippen LogP contribution is -1.83. The van der Waals surface area contributed by atoms with Crippen LogP contribution in [-0.4, -0.2) is 0 Å². The van der Waals surface area contributed by atoms with Crippen LogP contribution in [-0.2, 0) is 6.42 Å². The summed E-state index contributed by atoms with van der Waals surface area (Å²) in [4.78, 5) is 0. The molecule has 0 radical (unpaired) electrons. The average Bonchev–Trinajstić information content (AvgIpc) is 2.48. The molecule has 0 aliphatic rings. The second-order valence-corrected chi connectivity index (χ2v) is 4.77. The molecular formula is C19H23F. The quantitative estimate of drug-likeness (QED) is 0.646. The van der Waals surface area contributed by atoms with Gasteiger partial charge in [-0.3, -0.25) is 0 Å². The third-order valence-corrected chi connectivity index (χ3v) is 3.32. The summed E-state index contributed by atoms with van der Waals surface area (Å²) in [5.41, 5.74) is 5.23. The van der Waals surface area contributed by atoms with Gasteiger partial charge < -0.3 is 0 Å². The highest BCUT2D eigenvalue weighted by Gasteiger charge is 1.95. The third-order valence-electron chi connectivity index (χ3n) is 3.32. The van der Waals surface area contributed by atoms with Crippen LogP contribution in [0.5, 0.6) is 0 Å². The van der Waals surface area contributed by atoms with Crippen LogP contribution in [0, 0.1) is 12.7 Å². The maximum Gasteiger partial charge on any atom is 0.123 e. The molecule has 0 unspecified atom stereocenters. The van der Waals surface area contributed by atoms with Crippen LogP contribution in [0.4, 0.5) is 4.39 Å². The van der Waals surface area contributed by atoms with Crippen molar-refractivity contribution in [1.29, 1.82) is 0 Å². The maximum atomic E-state index is 12.2. The molecular weight excluding hydrogens is 247 g/mol. The van der Waals surface area contributed by atoms with Crippen molar-refractivity contribution in [2.45, 2.75) is 34.1 Å². The lowest BCUT2D eigenvalue weighted by molar-refractivity contribution is 0.627. The molecule has 0 amide bonds. The molecule has 0 bridgehead atoms. The van der Waals surface area contributed by atoms with E-state index in [1.54, 1.807) is 12.1 Å². The summed E-state index contributed by atoms with van der Waals surface area (Å²) in [6, 6.07) is 15.0. The van der Waals surface area contributed by atoms with Crippen LogP contribution < -0.4 is 0 Å². The molecule has 0 spiro atoms. The summed E-state index contributed by atoms with van der Waals surface area (Å²) in [5, 5.41) is 0. The van der Waals surface area contributed by atoms with E-state index in [4.69, 9.17) is 0 Å². The lowest BCUT2D eigenvalue weighted by atomic mass is 10.0. The second-order valence-electron chi connectivity index (χ2n) is 4.77. The lowest BCUT2D eigenvalue weighted by Gasteiger charge is -2.03. The number of halogens is 1. The van der Waals surface area contributed by atoms with Crippen LogP contribution >= 0.6 is 0 Å². The smallest absolute Gasteiger partial charge is 0.123 e. The van der Waals surface area contributed by atoms with Gasteiger partial charge in [-0.2, -0.15) is 0 Å². The average molecular weight is 270 g/mol. The minimum Gasteiger partial charge on any atom is -0.207 e. The zero-order valence-electron chi connectivity index (χ0n) is 12.8. The molecule has 2 aromatic carbocycles. The highest BCUT2D eigenvalue weighted by molar-refractivity contribution is 5.65. The molecule has 106 valence electrons. The van der Waals surface area contributed by atoms with E-state index in [0.717, 1.165) is 6.42 Å². The van der Waals surface area contributed by atoms with E-state index in [9.17, 15) is 4.39 Å². The Morgan fingerprint density at radius 3 is 2.15 bits per heavy atom. The highest BCUT2D eigenvalue weighted by Crippen LogP contribution is 2.16. The Bertz CT molecular complexity index is 550. The van der Waals surface area contributed by atoms with Crippen LogP contribution in [0.15, 0.2) is 54.6 Å². The summed E-state index contributed by atoms with van der Waals surface area (Å²) < 4.78 is 12.2. The molecule has 1 heteroatoms. The summed E-state index contributed by atoms with van der Waals surface area (Å²) >= 11 is 0. The fourth-order valence-corrected chi connectivity index (χ4v) is 1.89. The number of aryl methyl sites for hydroxylation is 2. The third kappa shape index (κ3) is 5.00. The normalized spacial score (nSPS) is 10.8. The van der Waals surface area contributed by atoms with Gasteiger partial charge in [0.25, 0.3) is 0 Å². The van der Waals surface area contributed by atoms with Gasteiger partial charge in [0.15, 0.2) is 0 Å². The summed E-state index contributed by atoms with van der Waals surface area (Å²) in [6.07, 6.45) is 3.11. The Kier molecular flexibility index (Phi) is 6.72. The molecule has 0 saturated carbocycles. The minimum atomic E-state index is -0.160. The molecule has 0 aliphatic heterocycles. The van der Waals surface area contributed by atoms with Crippen molar-refractivity contribution in [3.05, 3.63) is 77.1 Å². The van der Waals surface area contributed by atoms with Gasteiger partial charge >= 0.3 is 0 Å². The largest absolute Gasteiger partial charge is 0.207 e. The number of benzene rings is 2. The summed E-state index contributed by atoms with van der Waals surface area (Å²) in [6.45, 7) is 8.40. The monoisotopic (exact) mass is 270 g/mol. The van der Waals surface area contributed by atoms with E-state index in [1.165, 1.54) is 34.4 Å². The topological polar surface area (TPSA) is 0 Å². The van der Waals surface area contributed by atoms with Crippen molar-refractivity contribution < 1.29 is 4.39 Å². The van der Waals surface area contributed by atoms with Crippen LogP contribution in [0.3, 0.4) is 0 Å². The Morgan fingerprint density at radius 2 is 1.65 bits per heavy atom. The minimum absolute atomic E-state index is 0.160. The zero-order chi connectivity index (χ0) is 15.0. The summed E-state index contributed by atoms with van der Waals surface area (Å²) in [5.74, 6) is -0.160. The standard InChI is InChI=1S/C11H14.C8H9F/c1-4-9(2)11-8-6-5-7-10(11)3;1-2-7-3-5-8(9)6-4-7/h4-8H,1-3H3;3-6H,2H2,1H3/b9-4-;. The Morgan fingerprint density at radius 1 is 1.05 bits per heavy atom. The first-order valence-electron chi connectivity index (χ1n) is 7.01. The van der Waals surface area contributed by atoms with Crippen LogP contribution in [0.2, 0.25) is 0 Å². The molecule has 0 saturated heterocycles. The van der Waals surface area contributed by atoms with E-state index in [2.05, 4.69) is 51.1 Å². The van der Waals surface area contributed by atoms with Crippen molar-refractivity contribution in [3.63, 3.8) is 0 Å². The van der Waals surface area contributed by atoms with Crippen molar-refractivity contribution >= 4 is 5.57 Å². The van der Waals surface area contributed by atoms with E-state index >= 15 is 0 Å². The van der Waals surface area contributed by atoms with Gasteiger partial charge in [0.2, 0.25) is 0 Å². The van der Waals surface area contributed by atoms with Gasteiger partial charge in [0.05, 0.1) is 0 Å². The molecule has 2 rings (SSSR count). The molecule has 0 N–H and O–H groups in total. The van der Waals surface area contributed by atoms with Crippen molar-refractivity contribution in [2.75, 3.05) is 0 Å². The number of hydrogen-bond donors (Lipinski definition) is 0. The first kappa shape index (κ1) is 16.2. The van der Waals surface area contributed by atoms with E-state index in [-0.39, 0.29) is 5.82 Å². The first-order chi connectivity index (χ1) is 9.58. The van der Waals surface area contributed by atoms with Gasteiger partial charge in [-0.05, 0) is 61.6 Å². The summed E-state index contributed by atoms with van der Waals surface area (Å²) in [7, 11) is 0. The molecule has 0 aromatic heterocycles. The van der Waals surface area contributed by atoms with Gasteiger partial charge in [-0.1, -0.05) is 49.4 Å². The molecule has 0 nitrogen and oxygen atoms in total. The molecule has 0 fully saturated rings. The predicted octanol–water partition coefficient (Wildman–Crippen LogP) is 5.81. The van der Waals surface area contributed by atoms with Gasteiger partial charge in [-0.15, -0.1) is 0 Å². The highest BCUT2D eigenvalue weighted by atomic mass is 19.1. The Labute approximate surface area is 122 Å². The first-order valence-corrected chi connectivity index (χ1v) is 7.01. The molecule has 20 heavy (non-hydrogen) atoms. The Hall–Kier alpha value is -1.89. The fourth-order valence-electron chi connectivity index (χ4n) is 1.89. The number of allylic oxidation sites excluding steroid dienone is 2. The van der Waals surface area contributed by atoms with Crippen molar-refractivity contribution in [1.82, 2.24) is 0 Å². The van der Waals surface area contributed by atoms with Crippen LogP contribution in [0.1, 0.15) is 37.5 Å². The predicted molar refractivity (Wildman–Crippen MR) is 86.3 cm³/mol. The zero-order valence-corrected chi connectivity index (χ0v) is 12.8. The molecule has 0 aliphatic carbocycles. The molecule has 0 heterocycles. The van der Waals surface area contributed by atoms with Gasteiger partial charge in [0.1, 0.15) is 5.82 Å². The van der Waals surface area contributed by atoms with E-state index in [1.807, 2.05) is 6.92 Å². The molecule has 2 aromatic rings. The SMILES string of the molecule is C/C=C(/C)c1ccccc1C.CCc1ccc(F)cc1.